The van der Waals surface area contributed by atoms with Gasteiger partial charge in [-0.05, 0) is 17.7 Å². The highest BCUT2D eigenvalue weighted by molar-refractivity contribution is 5.87. The number of halogens is 3. The van der Waals surface area contributed by atoms with Gasteiger partial charge in [0.25, 0.3) is 0 Å². The van der Waals surface area contributed by atoms with Crippen LogP contribution < -0.4 is 5.32 Å². The van der Waals surface area contributed by atoms with Crippen LogP contribution >= 0.6 is 0 Å². The van der Waals surface area contributed by atoms with E-state index in [0.717, 1.165) is 12.1 Å². The van der Waals surface area contributed by atoms with Gasteiger partial charge in [-0.15, -0.1) is 0 Å². The van der Waals surface area contributed by atoms with Gasteiger partial charge < -0.3 is 10.1 Å². The summed E-state index contributed by atoms with van der Waals surface area (Å²) in [5.41, 5.74) is -0.212. The Morgan fingerprint density at radius 2 is 2.00 bits per heavy atom. The number of nitrogens with one attached hydrogen (secondary N) is 1. The minimum Gasteiger partial charge on any atom is -0.447 e. The molecular formula is C13H13F3N2O3. The van der Waals surface area contributed by atoms with Crippen molar-refractivity contribution >= 4 is 12.0 Å². The minimum atomic E-state index is -4.38. The lowest BCUT2D eigenvalue weighted by atomic mass is 10.1. The molecule has 0 bridgehead atoms. The lowest BCUT2D eigenvalue weighted by Gasteiger charge is -2.15. The van der Waals surface area contributed by atoms with Crippen molar-refractivity contribution in [2.24, 2.45) is 0 Å². The highest BCUT2D eigenvalue weighted by Crippen LogP contribution is 2.29. The van der Waals surface area contributed by atoms with Gasteiger partial charge >= 0.3 is 12.3 Å². The Hall–Kier alpha value is -2.25. The fourth-order valence-corrected chi connectivity index (χ4v) is 1.86. The number of carbonyl (C=O) groups is 2. The molecule has 1 atom stereocenters. The van der Waals surface area contributed by atoms with Gasteiger partial charge in [0.1, 0.15) is 12.6 Å². The van der Waals surface area contributed by atoms with E-state index in [4.69, 9.17) is 4.74 Å². The zero-order valence-corrected chi connectivity index (χ0v) is 11.1. The van der Waals surface area contributed by atoms with E-state index in [1.54, 1.807) is 0 Å². The number of carbonyl (C=O) groups excluding carboxylic acids is 2. The van der Waals surface area contributed by atoms with E-state index in [2.05, 4.69) is 5.32 Å². The normalized spacial score (nSPS) is 18.6. The van der Waals surface area contributed by atoms with Gasteiger partial charge in [0.2, 0.25) is 5.91 Å². The molecule has 8 heteroatoms. The maximum absolute atomic E-state index is 12.4. The van der Waals surface area contributed by atoms with Crippen molar-refractivity contribution in [3.05, 3.63) is 35.4 Å². The molecule has 0 saturated carbocycles. The van der Waals surface area contributed by atoms with E-state index in [1.807, 2.05) is 0 Å². The lowest BCUT2D eigenvalue weighted by Crippen LogP contribution is -2.43. The molecule has 1 aliphatic rings. The highest BCUT2D eigenvalue weighted by Gasteiger charge is 2.35. The van der Waals surface area contributed by atoms with Crippen molar-refractivity contribution in [2.75, 3.05) is 13.7 Å². The summed E-state index contributed by atoms with van der Waals surface area (Å²) in [4.78, 5) is 24.1. The van der Waals surface area contributed by atoms with E-state index in [0.29, 0.717) is 5.56 Å². The van der Waals surface area contributed by atoms with E-state index in [9.17, 15) is 22.8 Å². The molecule has 1 aliphatic heterocycles. The molecule has 0 spiro atoms. The number of nitrogens with zero attached hydrogens (tertiary/aromatic N) is 1. The third-order valence-corrected chi connectivity index (χ3v) is 3.17. The van der Waals surface area contributed by atoms with E-state index in [-0.39, 0.29) is 13.2 Å². The number of hydrogen-bond donors (Lipinski definition) is 1. The Labute approximate surface area is 118 Å². The van der Waals surface area contributed by atoms with Gasteiger partial charge in [-0.3, -0.25) is 9.69 Å². The lowest BCUT2D eigenvalue weighted by molar-refractivity contribution is -0.137. The van der Waals surface area contributed by atoms with Crippen molar-refractivity contribution in [2.45, 2.75) is 18.8 Å². The maximum atomic E-state index is 12.4. The molecule has 5 nitrogen and oxygen atoms in total. The number of likely N-dealkylation sites (N-methyl/N-ethyl adjacent to an activating group) is 1. The summed E-state index contributed by atoms with van der Waals surface area (Å²) in [6, 6.07) is 3.78. The van der Waals surface area contributed by atoms with E-state index in [1.165, 1.54) is 24.1 Å². The molecule has 0 aromatic heterocycles. The minimum absolute atomic E-state index is 0.0336. The largest absolute Gasteiger partial charge is 0.447 e. The fourth-order valence-electron chi connectivity index (χ4n) is 1.86. The Bertz CT molecular complexity index is 543. The molecule has 1 aromatic rings. The Morgan fingerprint density at radius 3 is 2.48 bits per heavy atom. The summed E-state index contributed by atoms with van der Waals surface area (Å²) in [6.45, 7) is 0.0453. The zero-order valence-electron chi connectivity index (χ0n) is 11.1. The van der Waals surface area contributed by atoms with Crippen LogP contribution in [0.15, 0.2) is 24.3 Å². The Morgan fingerprint density at radius 1 is 1.38 bits per heavy atom. The third kappa shape index (κ3) is 3.45. The van der Waals surface area contributed by atoms with Crippen molar-refractivity contribution in [1.29, 1.82) is 0 Å². The van der Waals surface area contributed by atoms with Gasteiger partial charge in [0.05, 0.1) is 5.56 Å². The number of cyclic esters (lactones) is 1. The first-order valence-corrected chi connectivity index (χ1v) is 6.12. The average Bonchev–Trinajstić information content (AvgIpc) is 2.76. The maximum Gasteiger partial charge on any atom is 0.416 e. The van der Waals surface area contributed by atoms with Crippen LogP contribution in [0.2, 0.25) is 0 Å². The van der Waals surface area contributed by atoms with Gasteiger partial charge in [-0.2, -0.15) is 13.2 Å². The number of rotatable bonds is 3. The zero-order chi connectivity index (χ0) is 15.6. The number of benzene rings is 1. The van der Waals surface area contributed by atoms with Gasteiger partial charge in [0.15, 0.2) is 0 Å². The summed E-state index contributed by atoms with van der Waals surface area (Å²) in [7, 11) is 1.44. The molecule has 1 heterocycles. The quantitative estimate of drug-likeness (QED) is 0.926. The van der Waals surface area contributed by atoms with Crippen LogP contribution in [-0.2, 0) is 22.3 Å². The molecule has 114 valence electrons. The van der Waals surface area contributed by atoms with Gasteiger partial charge in [-0.1, -0.05) is 12.1 Å². The second-order valence-electron chi connectivity index (χ2n) is 4.62. The first-order chi connectivity index (χ1) is 9.79. The average molecular weight is 302 g/mol. The van der Waals surface area contributed by atoms with Crippen LogP contribution in [-0.4, -0.2) is 36.6 Å². The number of amides is 2. The Kier molecular flexibility index (Phi) is 4.06. The molecule has 1 aromatic carbocycles. The first-order valence-electron chi connectivity index (χ1n) is 6.12. The highest BCUT2D eigenvalue weighted by atomic mass is 19.4. The smallest absolute Gasteiger partial charge is 0.416 e. The van der Waals surface area contributed by atoms with Crippen LogP contribution in [0.1, 0.15) is 11.1 Å². The van der Waals surface area contributed by atoms with Crippen LogP contribution in [0.25, 0.3) is 0 Å². The molecule has 1 N–H and O–H groups in total. The third-order valence-electron chi connectivity index (χ3n) is 3.17. The van der Waals surface area contributed by atoms with Crippen LogP contribution in [0.4, 0.5) is 18.0 Å². The summed E-state index contributed by atoms with van der Waals surface area (Å²) in [5, 5.41) is 2.56. The van der Waals surface area contributed by atoms with Crippen molar-refractivity contribution in [3.8, 4) is 0 Å². The predicted octanol–water partition coefficient (Wildman–Crippen LogP) is 1.77. The summed E-state index contributed by atoms with van der Waals surface area (Å²) >= 11 is 0. The Balaban J connectivity index is 1.91. The number of ether oxygens (including phenoxy) is 1. The second kappa shape index (κ2) is 5.63. The number of hydrogen-bond acceptors (Lipinski definition) is 3. The molecule has 0 radical (unpaired) electrons. The van der Waals surface area contributed by atoms with E-state index < -0.39 is 29.8 Å². The van der Waals surface area contributed by atoms with Gasteiger partial charge in [0, 0.05) is 13.6 Å². The topological polar surface area (TPSA) is 58.6 Å². The number of alkyl halides is 3. The van der Waals surface area contributed by atoms with Gasteiger partial charge in [-0.25, -0.2) is 4.79 Å². The molecule has 2 rings (SSSR count). The SMILES string of the molecule is CN1C(=O)OCC1C(=O)NCc1ccc(C(F)(F)F)cc1. The van der Waals surface area contributed by atoms with Crippen LogP contribution in [0.3, 0.4) is 0 Å². The molecule has 1 fully saturated rings. The fraction of sp³-hybridized carbons (Fsp3) is 0.385. The van der Waals surface area contributed by atoms with Crippen LogP contribution in [0.5, 0.6) is 0 Å². The predicted molar refractivity (Wildman–Crippen MR) is 66.2 cm³/mol. The monoisotopic (exact) mass is 302 g/mol. The van der Waals surface area contributed by atoms with E-state index >= 15 is 0 Å². The van der Waals surface area contributed by atoms with Crippen molar-refractivity contribution < 1.29 is 27.5 Å². The van der Waals surface area contributed by atoms with Crippen LogP contribution in [0, 0.1) is 0 Å². The molecule has 1 unspecified atom stereocenters. The first kappa shape index (κ1) is 15.1. The van der Waals surface area contributed by atoms with Crippen molar-refractivity contribution in [3.63, 3.8) is 0 Å². The molecule has 0 aliphatic carbocycles. The standard InChI is InChI=1S/C13H13F3N2O3/c1-18-10(7-21-12(18)20)11(19)17-6-8-2-4-9(5-3-8)13(14,15)16/h2-5,10H,6-7H2,1H3,(H,17,19). The summed E-state index contributed by atoms with van der Waals surface area (Å²) < 4.78 is 41.9. The molecule has 1 saturated heterocycles. The molecule has 2 amide bonds. The second-order valence-corrected chi connectivity index (χ2v) is 4.62. The van der Waals surface area contributed by atoms with Crippen molar-refractivity contribution in [1.82, 2.24) is 10.2 Å². The molecule has 21 heavy (non-hydrogen) atoms. The summed E-state index contributed by atoms with van der Waals surface area (Å²) in [5.74, 6) is -0.414. The summed E-state index contributed by atoms with van der Waals surface area (Å²) in [6.07, 6.45) is -4.96. The molecular weight excluding hydrogens is 289 g/mol.